The smallest absolute Gasteiger partial charge is 0.192 e. The first-order valence-electron chi connectivity index (χ1n) is 7.32. The lowest BCUT2D eigenvalue weighted by molar-refractivity contribution is -0.0225. The summed E-state index contributed by atoms with van der Waals surface area (Å²) in [7, 11) is -1.68. The highest BCUT2D eigenvalue weighted by Gasteiger charge is 2.39. The van der Waals surface area contributed by atoms with Crippen molar-refractivity contribution in [2.45, 2.75) is 78.8 Å². The SMILES string of the molecule is CC1=C[C@@H](C(C)(C)C)O[C@H]1CO[Si](C)(C)C(C)(C)C. The van der Waals surface area contributed by atoms with Crippen molar-refractivity contribution in [3.05, 3.63) is 11.6 Å². The summed E-state index contributed by atoms with van der Waals surface area (Å²) in [4.78, 5) is 0. The first-order chi connectivity index (χ1) is 8.34. The zero-order valence-corrected chi connectivity index (χ0v) is 15.3. The fourth-order valence-electron chi connectivity index (χ4n) is 1.80. The van der Waals surface area contributed by atoms with Crippen molar-refractivity contribution in [1.29, 1.82) is 0 Å². The van der Waals surface area contributed by atoms with Gasteiger partial charge in [-0.05, 0) is 36.0 Å². The monoisotopic (exact) mass is 284 g/mol. The Morgan fingerprint density at radius 2 is 1.68 bits per heavy atom. The maximum atomic E-state index is 6.28. The summed E-state index contributed by atoms with van der Waals surface area (Å²) in [6.07, 6.45) is 2.61. The van der Waals surface area contributed by atoms with Crippen molar-refractivity contribution in [3.8, 4) is 0 Å². The van der Waals surface area contributed by atoms with Gasteiger partial charge in [-0.25, -0.2) is 0 Å². The van der Waals surface area contributed by atoms with Crippen molar-refractivity contribution in [3.63, 3.8) is 0 Å². The second-order valence-corrected chi connectivity index (χ2v) is 13.2. The second-order valence-electron chi connectivity index (χ2n) is 8.39. The molecule has 0 N–H and O–H groups in total. The van der Waals surface area contributed by atoms with E-state index < -0.39 is 8.32 Å². The van der Waals surface area contributed by atoms with Gasteiger partial charge in [0, 0.05) is 0 Å². The molecule has 0 saturated heterocycles. The zero-order chi connectivity index (χ0) is 15.1. The average molecular weight is 285 g/mol. The summed E-state index contributed by atoms with van der Waals surface area (Å²) in [5, 5.41) is 0.257. The summed E-state index contributed by atoms with van der Waals surface area (Å²) in [5.41, 5.74) is 1.48. The van der Waals surface area contributed by atoms with Crippen LogP contribution in [0.4, 0.5) is 0 Å². The number of hydrogen-bond donors (Lipinski definition) is 0. The van der Waals surface area contributed by atoms with Gasteiger partial charge in [0.1, 0.15) is 6.10 Å². The summed E-state index contributed by atoms with van der Waals surface area (Å²) in [5.74, 6) is 0. The Hall–Kier alpha value is -0.123. The maximum absolute atomic E-state index is 6.28. The third kappa shape index (κ3) is 4.17. The summed E-state index contributed by atoms with van der Waals surface area (Å²) in [6, 6.07) is 0. The van der Waals surface area contributed by atoms with Gasteiger partial charge in [-0.15, -0.1) is 0 Å². The largest absolute Gasteiger partial charge is 0.414 e. The molecule has 112 valence electrons. The molecular formula is C16H32O2Si. The fourth-order valence-corrected chi connectivity index (χ4v) is 2.80. The van der Waals surface area contributed by atoms with Crippen LogP contribution in [0.15, 0.2) is 11.6 Å². The summed E-state index contributed by atoms with van der Waals surface area (Å²) < 4.78 is 12.4. The van der Waals surface area contributed by atoms with Crippen molar-refractivity contribution >= 4 is 8.32 Å². The fraction of sp³-hybridized carbons (Fsp3) is 0.875. The zero-order valence-electron chi connectivity index (χ0n) is 14.3. The predicted molar refractivity (Wildman–Crippen MR) is 85.0 cm³/mol. The van der Waals surface area contributed by atoms with Gasteiger partial charge in [-0.3, -0.25) is 0 Å². The molecule has 0 aromatic rings. The molecule has 0 radical (unpaired) electrons. The maximum Gasteiger partial charge on any atom is 0.192 e. The molecule has 2 nitrogen and oxygen atoms in total. The third-order valence-corrected chi connectivity index (χ3v) is 8.99. The molecule has 0 bridgehead atoms. The van der Waals surface area contributed by atoms with Crippen molar-refractivity contribution in [2.24, 2.45) is 5.41 Å². The highest BCUT2D eigenvalue weighted by atomic mass is 28.4. The minimum absolute atomic E-state index is 0.137. The van der Waals surface area contributed by atoms with Gasteiger partial charge in [-0.1, -0.05) is 47.6 Å². The lowest BCUT2D eigenvalue weighted by Gasteiger charge is -2.37. The van der Waals surface area contributed by atoms with E-state index in [1.807, 2.05) is 0 Å². The Labute approximate surface area is 120 Å². The quantitative estimate of drug-likeness (QED) is 0.549. The molecule has 0 unspecified atom stereocenters. The topological polar surface area (TPSA) is 18.5 Å². The van der Waals surface area contributed by atoms with E-state index in [2.05, 4.69) is 67.6 Å². The Balaban J connectivity index is 2.60. The first-order valence-corrected chi connectivity index (χ1v) is 10.2. The Kier molecular flexibility index (Phi) is 4.76. The van der Waals surface area contributed by atoms with E-state index in [1.54, 1.807) is 0 Å². The molecular weight excluding hydrogens is 252 g/mol. The van der Waals surface area contributed by atoms with Crippen LogP contribution < -0.4 is 0 Å². The Morgan fingerprint density at radius 3 is 2.05 bits per heavy atom. The van der Waals surface area contributed by atoms with Crippen molar-refractivity contribution in [1.82, 2.24) is 0 Å². The average Bonchev–Trinajstić information content (AvgIpc) is 2.55. The molecule has 0 fully saturated rings. The standard InChI is InChI=1S/C16H32O2Si/c1-12-10-14(15(2,3)4)18-13(12)11-17-19(8,9)16(5,6)7/h10,13-14H,11H2,1-9H3/t13-,14-/m0/s1. The molecule has 1 aliphatic heterocycles. The summed E-state index contributed by atoms with van der Waals surface area (Å²) in [6.45, 7) is 20.9. The van der Waals surface area contributed by atoms with E-state index in [0.29, 0.717) is 6.61 Å². The molecule has 1 rings (SSSR count). The van der Waals surface area contributed by atoms with Crippen LogP contribution in [0.3, 0.4) is 0 Å². The molecule has 0 amide bonds. The Morgan fingerprint density at radius 1 is 1.16 bits per heavy atom. The van der Waals surface area contributed by atoms with Gasteiger partial charge in [0.2, 0.25) is 0 Å². The van der Waals surface area contributed by atoms with Gasteiger partial charge >= 0.3 is 0 Å². The van der Waals surface area contributed by atoms with Crippen LogP contribution in [-0.2, 0) is 9.16 Å². The molecule has 1 heterocycles. The number of rotatable bonds is 3. The molecule has 1 aliphatic rings. The van der Waals surface area contributed by atoms with E-state index >= 15 is 0 Å². The van der Waals surface area contributed by atoms with Gasteiger partial charge in [0.25, 0.3) is 0 Å². The van der Waals surface area contributed by atoms with E-state index in [4.69, 9.17) is 9.16 Å². The van der Waals surface area contributed by atoms with Crippen molar-refractivity contribution < 1.29 is 9.16 Å². The normalized spacial score (nSPS) is 25.6. The Bertz CT molecular complexity index is 345. The van der Waals surface area contributed by atoms with E-state index in [1.165, 1.54) is 5.57 Å². The van der Waals surface area contributed by atoms with Crippen LogP contribution in [0.2, 0.25) is 18.1 Å². The van der Waals surface area contributed by atoms with Crippen molar-refractivity contribution in [2.75, 3.05) is 6.61 Å². The highest BCUT2D eigenvalue weighted by Crippen LogP contribution is 2.38. The van der Waals surface area contributed by atoms with Gasteiger partial charge in [0.15, 0.2) is 8.32 Å². The van der Waals surface area contributed by atoms with Crippen LogP contribution >= 0.6 is 0 Å². The minimum Gasteiger partial charge on any atom is -0.414 e. The molecule has 0 spiro atoms. The van der Waals surface area contributed by atoms with Crippen LogP contribution in [-0.4, -0.2) is 27.1 Å². The van der Waals surface area contributed by atoms with Crippen LogP contribution in [0.5, 0.6) is 0 Å². The lowest BCUT2D eigenvalue weighted by atomic mass is 9.89. The highest BCUT2D eigenvalue weighted by molar-refractivity contribution is 6.74. The number of ether oxygens (including phenoxy) is 1. The number of hydrogen-bond acceptors (Lipinski definition) is 2. The van der Waals surface area contributed by atoms with Crippen LogP contribution in [0, 0.1) is 5.41 Å². The van der Waals surface area contributed by atoms with Crippen LogP contribution in [0.1, 0.15) is 48.5 Å². The lowest BCUT2D eigenvalue weighted by Crippen LogP contribution is -2.43. The minimum atomic E-state index is -1.68. The van der Waals surface area contributed by atoms with Gasteiger partial charge < -0.3 is 9.16 Å². The molecule has 0 aromatic carbocycles. The summed E-state index contributed by atoms with van der Waals surface area (Å²) >= 11 is 0. The van der Waals surface area contributed by atoms with Crippen LogP contribution in [0.25, 0.3) is 0 Å². The molecule has 3 heteroatoms. The molecule has 19 heavy (non-hydrogen) atoms. The van der Waals surface area contributed by atoms with E-state index in [0.717, 1.165) is 0 Å². The van der Waals surface area contributed by atoms with E-state index in [9.17, 15) is 0 Å². The predicted octanol–water partition coefficient (Wildman–Crippen LogP) is 4.77. The third-order valence-electron chi connectivity index (χ3n) is 4.49. The van der Waals surface area contributed by atoms with E-state index in [-0.39, 0.29) is 22.7 Å². The molecule has 2 atom stereocenters. The first kappa shape index (κ1) is 16.9. The second kappa shape index (κ2) is 5.34. The molecule has 0 aliphatic carbocycles. The molecule has 0 saturated carbocycles. The van der Waals surface area contributed by atoms with Gasteiger partial charge in [-0.2, -0.15) is 0 Å². The molecule has 0 aromatic heterocycles. The van der Waals surface area contributed by atoms with Gasteiger partial charge in [0.05, 0.1) is 12.7 Å².